The third-order valence-corrected chi connectivity index (χ3v) is 3.21. The number of hydrogen-bond acceptors (Lipinski definition) is 2. The molecular weight excluding hydrogens is 219 g/mol. The summed E-state index contributed by atoms with van der Waals surface area (Å²) in [5.74, 6) is -0.588. The quantitative estimate of drug-likeness (QED) is 0.847. The molecule has 0 unspecified atom stereocenters. The number of amides is 1. The summed E-state index contributed by atoms with van der Waals surface area (Å²) in [7, 11) is 0. The van der Waals surface area contributed by atoms with Gasteiger partial charge >= 0.3 is 0 Å². The molecule has 4 heteroatoms. The lowest BCUT2D eigenvalue weighted by Gasteiger charge is -2.28. The normalized spacial score (nSPS) is 17.1. The molecule has 0 aliphatic heterocycles. The molecule has 0 bridgehead atoms. The summed E-state index contributed by atoms with van der Waals surface area (Å²) in [6.45, 7) is 2.11. The van der Waals surface area contributed by atoms with Crippen molar-refractivity contribution in [3.8, 4) is 0 Å². The number of nitrogens with zero attached hydrogens (tertiary/aromatic N) is 1. The highest BCUT2D eigenvalue weighted by atomic mass is 19.1. The Morgan fingerprint density at radius 1 is 1.53 bits per heavy atom. The molecule has 1 atom stereocenters. The molecule has 17 heavy (non-hydrogen) atoms. The lowest BCUT2D eigenvalue weighted by atomic mass is 10.1. The third kappa shape index (κ3) is 2.82. The summed E-state index contributed by atoms with van der Waals surface area (Å²) < 4.78 is 13.7. The van der Waals surface area contributed by atoms with Gasteiger partial charge in [0.25, 0.3) is 0 Å². The van der Waals surface area contributed by atoms with Crippen molar-refractivity contribution in [3.05, 3.63) is 35.6 Å². The summed E-state index contributed by atoms with van der Waals surface area (Å²) in [5, 5.41) is 0. The van der Waals surface area contributed by atoms with E-state index in [-0.39, 0.29) is 24.3 Å². The second kappa shape index (κ2) is 4.84. The molecule has 2 N–H and O–H groups in total. The number of halogens is 1. The van der Waals surface area contributed by atoms with Gasteiger partial charge in [-0.3, -0.25) is 9.69 Å². The van der Waals surface area contributed by atoms with Crippen LogP contribution in [0.3, 0.4) is 0 Å². The molecule has 1 amide bonds. The van der Waals surface area contributed by atoms with Gasteiger partial charge in [0, 0.05) is 17.6 Å². The van der Waals surface area contributed by atoms with E-state index in [1.807, 2.05) is 17.9 Å². The smallest absolute Gasteiger partial charge is 0.231 e. The van der Waals surface area contributed by atoms with Crippen molar-refractivity contribution >= 4 is 5.91 Å². The molecule has 92 valence electrons. The lowest BCUT2D eigenvalue weighted by molar-refractivity contribution is -0.119. The van der Waals surface area contributed by atoms with Crippen LogP contribution in [0, 0.1) is 5.82 Å². The predicted molar refractivity (Wildman–Crippen MR) is 63.7 cm³/mol. The first-order valence-electron chi connectivity index (χ1n) is 5.88. The second-order valence-electron chi connectivity index (χ2n) is 4.57. The fourth-order valence-electron chi connectivity index (χ4n) is 2.16. The van der Waals surface area contributed by atoms with E-state index in [1.165, 1.54) is 6.07 Å². The Balaban J connectivity index is 2.18. The van der Waals surface area contributed by atoms with Crippen molar-refractivity contribution in [1.82, 2.24) is 4.90 Å². The number of nitrogens with two attached hydrogens (primary N) is 1. The SMILES string of the molecule is C[C@H](c1ccccc1F)N(CC(N)=O)C1CC1. The van der Waals surface area contributed by atoms with Crippen LogP contribution >= 0.6 is 0 Å². The maximum Gasteiger partial charge on any atom is 0.231 e. The van der Waals surface area contributed by atoms with Gasteiger partial charge in [0.05, 0.1) is 6.54 Å². The van der Waals surface area contributed by atoms with Crippen molar-refractivity contribution in [1.29, 1.82) is 0 Å². The van der Waals surface area contributed by atoms with E-state index in [0.29, 0.717) is 11.6 Å². The van der Waals surface area contributed by atoms with Crippen molar-refractivity contribution in [2.75, 3.05) is 6.54 Å². The zero-order valence-corrected chi connectivity index (χ0v) is 9.90. The maximum atomic E-state index is 13.7. The Labute approximate surface area is 100 Å². The van der Waals surface area contributed by atoms with Crippen LogP contribution in [0.4, 0.5) is 4.39 Å². The molecule has 1 aromatic rings. The number of hydrogen-bond donors (Lipinski definition) is 1. The minimum Gasteiger partial charge on any atom is -0.369 e. The van der Waals surface area contributed by atoms with Crippen LogP contribution in [0.5, 0.6) is 0 Å². The molecule has 0 saturated heterocycles. The van der Waals surface area contributed by atoms with Crippen molar-refractivity contribution in [2.24, 2.45) is 5.73 Å². The van der Waals surface area contributed by atoms with Crippen molar-refractivity contribution in [2.45, 2.75) is 31.8 Å². The van der Waals surface area contributed by atoms with Gasteiger partial charge in [-0.2, -0.15) is 0 Å². The Kier molecular flexibility index (Phi) is 3.43. The first kappa shape index (κ1) is 12.0. The molecule has 3 nitrogen and oxygen atoms in total. The molecule has 1 aliphatic rings. The highest BCUT2D eigenvalue weighted by Crippen LogP contribution is 2.34. The second-order valence-corrected chi connectivity index (χ2v) is 4.57. The summed E-state index contributed by atoms with van der Waals surface area (Å²) in [4.78, 5) is 13.0. The summed E-state index contributed by atoms with van der Waals surface area (Å²) in [6, 6.07) is 6.94. The van der Waals surface area contributed by atoms with E-state index in [0.717, 1.165) is 12.8 Å². The van der Waals surface area contributed by atoms with Crippen LogP contribution < -0.4 is 5.73 Å². The molecule has 2 rings (SSSR count). The van der Waals surface area contributed by atoms with Gasteiger partial charge in [-0.15, -0.1) is 0 Å². The van der Waals surface area contributed by atoms with E-state index in [1.54, 1.807) is 12.1 Å². The van der Waals surface area contributed by atoms with Crippen LogP contribution in [-0.2, 0) is 4.79 Å². The predicted octanol–water partition coefficient (Wildman–Crippen LogP) is 1.84. The van der Waals surface area contributed by atoms with Gasteiger partial charge in [-0.05, 0) is 25.8 Å². The zero-order valence-electron chi connectivity index (χ0n) is 9.90. The number of primary amides is 1. The Hall–Kier alpha value is -1.42. The van der Waals surface area contributed by atoms with Gasteiger partial charge in [0.2, 0.25) is 5.91 Å². The van der Waals surface area contributed by atoms with Gasteiger partial charge in [-0.25, -0.2) is 4.39 Å². The molecule has 0 radical (unpaired) electrons. The third-order valence-electron chi connectivity index (χ3n) is 3.21. The van der Waals surface area contributed by atoms with Gasteiger partial charge in [-0.1, -0.05) is 18.2 Å². The first-order chi connectivity index (χ1) is 8.09. The average molecular weight is 236 g/mol. The Morgan fingerprint density at radius 3 is 2.71 bits per heavy atom. The Bertz CT molecular complexity index is 418. The van der Waals surface area contributed by atoms with E-state index < -0.39 is 0 Å². The van der Waals surface area contributed by atoms with Crippen molar-refractivity contribution < 1.29 is 9.18 Å². The van der Waals surface area contributed by atoms with E-state index in [4.69, 9.17) is 5.73 Å². The van der Waals surface area contributed by atoms with E-state index in [2.05, 4.69) is 0 Å². The Morgan fingerprint density at radius 2 is 2.18 bits per heavy atom. The minimum atomic E-state index is -0.361. The average Bonchev–Trinajstić information content (AvgIpc) is 3.09. The number of carbonyl (C=O) groups excluding carboxylic acids is 1. The maximum absolute atomic E-state index is 13.7. The zero-order chi connectivity index (χ0) is 12.4. The van der Waals surface area contributed by atoms with Gasteiger partial charge in [0.1, 0.15) is 5.82 Å². The molecular formula is C13H17FN2O. The number of rotatable bonds is 5. The van der Waals surface area contributed by atoms with Crippen LogP contribution in [0.15, 0.2) is 24.3 Å². The molecule has 1 fully saturated rings. The van der Waals surface area contributed by atoms with E-state index in [9.17, 15) is 9.18 Å². The standard InChI is InChI=1S/C13H17FN2O/c1-9(11-4-2-3-5-12(11)14)16(8-13(15)17)10-6-7-10/h2-5,9-10H,6-8H2,1H3,(H2,15,17)/t9-/m1/s1. The van der Waals surface area contributed by atoms with Crippen LogP contribution in [-0.4, -0.2) is 23.4 Å². The van der Waals surface area contributed by atoms with Crippen LogP contribution in [0.2, 0.25) is 0 Å². The molecule has 1 aliphatic carbocycles. The fraction of sp³-hybridized carbons (Fsp3) is 0.462. The minimum absolute atomic E-state index is 0.115. The molecule has 0 aromatic heterocycles. The highest BCUT2D eigenvalue weighted by Gasteiger charge is 2.34. The molecule has 0 spiro atoms. The van der Waals surface area contributed by atoms with Crippen LogP contribution in [0.1, 0.15) is 31.4 Å². The number of benzene rings is 1. The van der Waals surface area contributed by atoms with Gasteiger partial charge < -0.3 is 5.73 Å². The van der Waals surface area contributed by atoms with Crippen LogP contribution in [0.25, 0.3) is 0 Å². The number of carbonyl (C=O) groups is 1. The first-order valence-corrected chi connectivity index (χ1v) is 5.88. The fourth-order valence-corrected chi connectivity index (χ4v) is 2.16. The summed E-state index contributed by atoms with van der Waals surface area (Å²) in [5.41, 5.74) is 5.86. The molecule has 1 aromatic carbocycles. The summed E-state index contributed by atoms with van der Waals surface area (Å²) in [6.07, 6.45) is 2.12. The van der Waals surface area contributed by atoms with Gasteiger partial charge in [0.15, 0.2) is 0 Å². The molecule has 1 saturated carbocycles. The largest absolute Gasteiger partial charge is 0.369 e. The highest BCUT2D eigenvalue weighted by molar-refractivity contribution is 5.76. The topological polar surface area (TPSA) is 46.3 Å². The van der Waals surface area contributed by atoms with E-state index >= 15 is 0 Å². The molecule has 0 heterocycles. The lowest BCUT2D eigenvalue weighted by Crippen LogP contribution is -2.37. The monoisotopic (exact) mass is 236 g/mol. The van der Waals surface area contributed by atoms with Crippen molar-refractivity contribution in [3.63, 3.8) is 0 Å². The summed E-state index contributed by atoms with van der Waals surface area (Å²) >= 11 is 0.